The summed E-state index contributed by atoms with van der Waals surface area (Å²) >= 11 is 7.29. The first-order chi connectivity index (χ1) is 10.1. The van der Waals surface area contributed by atoms with Crippen molar-refractivity contribution in [3.05, 3.63) is 59.1 Å². The van der Waals surface area contributed by atoms with Gasteiger partial charge in [-0.2, -0.15) is 0 Å². The minimum atomic E-state index is 0.519. The number of aliphatic imine (C=N–C) groups is 1. The SMILES string of the molecule is Cc1ccccc1OCCSC(N)=Nc1ccc(Cl)cc1. The van der Waals surface area contributed by atoms with Crippen LogP contribution in [0.4, 0.5) is 5.69 Å². The largest absolute Gasteiger partial charge is 0.492 e. The number of rotatable bonds is 5. The molecule has 0 aliphatic carbocycles. The van der Waals surface area contributed by atoms with Crippen molar-refractivity contribution >= 4 is 34.2 Å². The molecule has 0 saturated carbocycles. The third kappa shape index (κ3) is 5.33. The Morgan fingerprint density at radius 1 is 1.19 bits per heavy atom. The van der Waals surface area contributed by atoms with E-state index in [-0.39, 0.29) is 0 Å². The molecule has 3 nitrogen and oxygen atoms in total. The van der Waals surface area contributed by atoms with Gasteiger partial charge in [-0.15, -0.1) is 0 Å². The first kappa shape index (κ1) is 15.7. The number of aryl methyl sites for hydroxylation is 1. The molecule has 0 aromatic heterocycles. The molecular formula is C16H17ClN2OS. The lowest BCUT2D eigenvalue weighted by Crippen LogP contribution is -2.10. The molecule has 2 aromatic carbocycles. The highest BCUT2D eigenvalue weighted by molar-refractivity contribution is 8.13. The van der Waals surface area contributed by atoms with Crippen LogP contribution in [0.3, 0.4) is 0 Å². The zero-order valence-corrected chi connectivity index (χ0v) is 13.3. The van der Waals surface area contributed by atoms with Crippen molar-refractivity contribution in [1.29, 1.82) is 0 Å². The maximum Gasteiger partial charge on any atom is 0.159 e. The predicted molar refractivity (Wildman–Crippen MR) is 91.9 cm³/mol. The average Bonchev–Trinajstić information content (AvgIpc) is 2.48. The molecule has 0 unspecified atom stereocenters. The molecule has 2 rings (SSSR count). The number of ether oxygens (including phenoxy) is 1. The summed E-state index contributed by atoms with van der Waals surface area (Å²) in [5.74, 6) is 1.66. The monoisotopic (exact) mass is 320 g/mol. The normalized spacial score (nSPS) is 11.4. The van der Waals surface area contributed by atoms with E-state index in [4.69, 9.17) is 22.1 Å². The molecule has 0 aliphatic heterocycles. The molecule has 2 N–H and O–H groups in total. The Kier molecular flexibility index (Phi) is 5.96. The number of benzene rings is 2. The van der Waals surface area contributed by atoms with Gasteiger partial charge in [-0.25, -0.2) is 4.99 Å². The van der Waals surface area contributed by atoms with Crippen LogP contribution >= 0.6 is 23.4 Å². The van der Waals surface area contributed by atoms with Crippen LogP contribution in [-0.4, -0.2) is 17.5 Å². The lowest BCUT2D eigenvalue weighted by atomic mass is 10.2. The third-order valence-electron chi connectivity index (χ3n) is 2.75. The Hall–Kier alpha value is -1.65. The Bertz CT molecular complexity index is 614. The topological polar surface area (TPSA) is 47.6 Å². The maximum atomic E-state index is 5.88. The van der Waals surface area contributed by atoms with Crippen molar-refractivity contribution < 1.29 is 4.74 Å². The molecule has 0 spiro atoms. The summed E-state index contributed by atoms with van der Waals surface area (Å²) in [6, 6.07) is 15.2. The maximum absolute atomic E-state index is 5.88. The van der Waals surface area contributed by atoms with Gasteiger partial charge < -0.3 is 10.5 Å². The van der Waals surface area contributed by atoms with Crippen LogP contribution < -0.4 is 10.5 Å². The summed E-state index contributed by atoms with van der Waals surface area (Å²) in [6.45, 7) is 2.62. The number of para-hydroxylation sites is 1. The van der Waals surface area contributed by atoms with Gasteiger partial charge in [0.05, 0.1) is 12.3 Å². The fraction of sp³-hybridized carbons (Fsp3) is 0.188. The molecule has 0 amide bonds. The Morgan fingerprint density at radius 3 is 2.62 bits per heavy atom. The number of thioether (sulfide) groups is 1. The zero-order chi connectivity index (χ0) is 15.1. The fourth-order valence-corrected chi connectivity index (χ4v) is 2.36. The standard InChI is InChI=1S/C16H17ClN2OS/c1-12-4-2-3-5-15(12)20-10-11-21-16(18)19-14-8-6-13(17)7-9-14/h2-9H,10-11H2,1H3,(H2,18,19). The van der Waals surface area contributed by atoms with Crippen molar-refractivity contribution in [2.45, 2.75) is 6.92 Å². The van der Waals surface area contributed by atoms with E-state index in [2.05, 4.69) is 4.99 Å². The van der Waals surface area contributed by atoms with Gasteiger partial charge in [-0.3, -0.25) is 0 Å². The summed E-state index contributed by atoms with van der Waals surface area (Å²) in [7, 11) is 0. The van der Waals surface area contributed by atoms with Gasteiger partial charge in [0.1, 0.15) is 5.75 Å². The molecule has 5 heteroatoms. The van der Waals surface area contributed by atoms with E-state index in [9.17, 15) is 0 Å². The van der Waals surface area contributed by atoms with E-state index in [1.807, 2.05) is 43.3 Å². The lowest BCUT2D eigenvalue weighted by molar-refractivity contribution is 0.342. The second kappa shape index (κ2) is 7.96. The second-order valence-corrected chi connectivity index (χ2v) is 5.94. The van der Waals surface area contributed by atoms with Crippen LogP contribution in [0.25, 0.3) is 0 Å². The van der Waals surface area contributed by atoms with Gasteiger partial charge in [0, 0.05) is 10.8 Å². The molecule has 2 aromatic rings. The highest BCUT2D eigenvalue weighted by Gasteiger charge is 1.99. The van der Waals surface area contributed by atoms with E-state index in [0.717, 1.165) is 22.8 Å². The van der Waals surface area contributed by atoms with E-state index in [0.29, 0.717) is 16.8 Å². The van der Waals surface area contributed by atoms with E-state index in [1.165, 1.54) is 11.8 Å². The number of hydrogen-bond acceptors (Lipinski definition) is 3. The van der Waals surface area contributed by atoms with Crippen molar-refractivity contribution in [1.82, 2.24) is 0 Å². The highest BCUT2D eigenvalue weighted by atomic mass is 35.5. The van der Waals surface area contributed by atoms with Crippen molar-refractivity contribution in [2.75, 3.05) is 12.4 Å². The van der Waals surface area contributed by atoms with Gasteiger partial charge in [0.2, 0.25) is 0 Å². The van der Waals surface area contributed by atoms with E-state index >= 15 is 0 Å². The summed E-state index contributed by atoms with van der Waals surface area (Å²) in [6.07, 6.45) is 0. The Morgan fingerprint density at radius 2 is 1.90 bits per heavy atom. The molecule has 0 bridgehead atoms. The molecule has 0 saturated heterocycles. The van der Waals surface area contributed by atoms with Gasteiger partial charge in [0.15, 0.2) is 5.17 Å². The van der Waals surface area contributed by atoms with Gasteiger partial charge >= 0.3 is 0 Å². The zero-order valence-electron chi connectivity index (χ0n) is 11.8. The van der Waals surface area contributed by atoms with Gasteiger partial charge in [-0.05, 0) is 42.8 Å². The molecular weight excluding hydrogens is 304 g/mol. The van der Waals surface area contributed by atoms with E-state index in [1.54, 1.807) is 12.1 Å². The molecule has 0 fully saturated rings. The number of nitrogens with zero attached hydrogens (tertiary/aromatic N) is 1. The Labute approximate surface area is 134 Å². The summed E-state index contributed by atoms with van der Waals surface area (Å²) in [5.41, 5.74) is 7.80. The van der Waals surface area contributed by atoms with Crippen LogP contribution in [0, 0.1) is 6.92 Å². The average molecular weight is 321 g/mol. The predicted octanol–water partition coefficient (Wildman–Crippen LogP) is 4.41. The molecule has 0 heterocycles. The van der Waals surface area contributed by atoms with Crippen LogP contribution in [-0.2, 0) is 0 Å². The number of nitrogens with two attached hydrogens (primary N) is 1. The molecule has 0 aliphatic rings. The Balaban J connectivity index is 1.78. The first-order valence-corrected chi connectivity index (χ1v) is 7.92. The van der Waals surface area contributed by atoms with Gasteiger partial charge in [-0.1, -0.05) is 41.6 Å². The quantitative estimate of drug-likeness (QED) is 0.504. The molecule has 0 atom stereocenters. The minimum absolute atomic E-state index is 0.519. The van der Waals surface area contributed by atoms with Gasteiger partial charge in [0.25, 0.3) is 0 Å². The second-order valence-electron chi connectivity index (χ2n) is 4.39. The van der Waals surface area contributed by atoms with Crippen molar-refractivity contribution in [3.8, 4) is 5.75 Å². The summed E-state index contributed by atoms with van der Waals surface area (Å²) < 4.78 is 5.70. The minimum Gasteiger partial charge on any atom is -0.492 e. The van der Waals surface area contributed by atoms with Crippen molar-refractivity contribution in [2.24, 2.45) is 10.7 Å². The van der Waals surface area contributed by atoms with Crippen LogP contribution in [0.15, 0.2) is 53.5 Å². The van der Waals surface area contributed by atoms with Crippen LogP contribution in [0.1, 0.15) is 5.56 Å². The first-order valence-electron chi connectivity index (χ1n) is 6.56. The molecule has 21 heavy (non-hydrogen) atoms. The fourth-order valence-electron chi connectivity index (χ4n) is 1.69. The highest BCUT2D eigenvalue weighted by Crippen LogP contribution is 2.18. The lowest BCUT2D eigenvalue weighted by Gasteiger charge is -2.08. The van der Waals surface area contributed by atoms with Crippen LogP contribution in [0.5, 0.6) is 5.75 Å². The molecule has 0 radical (unpaired) electrons. The summed E-state index contributed by atoms with van der Waals surface area (Å²) in [4.78, 5) is 4.31. The van der Waals surface area contributed by atoms with Crippen molar-refractivity contribution in [3.63, 3.8) is 0 Å². The summed E-state index contributed by atoms with van der Waals surface area (Å²) in [5, 5.41) is 1.21. The van der Waals surface area contributed by atoms with E-state index < -0.39 is 0 Å². The van der Waals surface area contributed by atoms with Crippen LogP contribution in [0.2, 0.25) is 5.02 Å². The third-order valence-corrected chi connectivity index (χ3v) is 3.76. The number of hydrogen-bond donors (Lipinski definition) is 1. The smallest absolute Gasteiger partial charge is 0.159 e. The number of amidine groups is 1. The number of halogens is 1. The molecule has 110 valence electrons.